The minimum absolute atomic E-state index is 0.150. The fraction of sp³-hybridized carbons (Fsp3) is 0.333. The van der Waals surface area contributed by atoms with Gasteiger partial charge in [0.25, 0.3) is 11.8 Å². The van der Waals surface area contributed by atoms with Crippen molar-refractivity contribution >= 4 is 27.7 Å². The number of carbonyl (C=O) groups excluding carboxylic acids is 2. The van der Waals surface area contributed by atoms with Crippen molar-refractivity contribution < 1.29 is 28.2 Å². The normalized spacial score (nSPS) is 18.1. The summed E-state index contributed by atoms with van der Waals surface area (Å²) in [6, 6.07) is 11.3. The molecule has 1 fully saturated rings. The summed E-state index contributed by atoms with van der Waals surface area (Å²) in [4.78, 5) is 28.5. The standard InChI is InChI=1S/C21H20BrFN2O5/c22-15-11-14(23)5-6-16(15)29-13-20(26)24-7-9-25(10-8-24)21(27)19-12-28-17-3-1-2-4-18(17)30-19/h1-6,11,19H,7-10,12-13H2. The molecular formula is C21H20BrFN2O5. The lowest BCUT2D eigenvalue weighted by Crippen LogP contribution is -2.55. The molecule has 30 heavy (non-hydrogen) atoms. The van der Waals surface area contributed by atoms with Crippen molar-refractivity contribution in [2.45, 2.75) is 6.10 Å². The van der Waals surface area contributed by atoms with Crippen LogP contribution in [0.3, 0.4) is 0 Å². The molecule has 4 rings (SSSR count). The summed E-state index contributed by atoms with van der Waals surface area (Å²) in [5, 5.41) is 0. The summed E-state index contributed by atoms with van der Waals surface area (Å²) in [6.45, 7) is 1.63. The summed E-state index contributed by atoms with van der Waals surface area (Å²) in [5.41, 5.74) is 0. The van der Waals surface area contributed by atoms with E-state index in [2.05, 4.69) is 15.9 Å². The molecule has 0 spiro atoms. The van der Waals surface area contributed by atoms with Crippen LogP contribution in [0.15, 0.2) is 46.9 Å². The zero-order valence-corrected chi connectivity index (χ0v) is 17.6. The Balaban J connectivity index is 1.26. The van der Waals surface area contributed by atoms with E-state index < -0.39 is 11.9 Å². The minimum Gasteiger partial charge on any atom is -0.485 e. The fourth-order valence-corrected chi connectivity index (χ4v) is 3.81. The zero-order valence-electron chi connectivity index (χ0n) is 16.1. The molecule has 0 radical (unpaired) electrons. The van der Waals surface area contributed by atoms with E-state index in [1.165, 1.54) is 18.2 Å². The Kier molecular flexibility index (Phi) is 6.08. The maximum atomic E-state index is 13.1. The molecule has 2 aromatic carbocycles. The van der Waals surface area contributed by atoms with Crippen molar-refractivity contribution in [3.8, 4) is 17.2 Å². The Morgan fingerprint density at radius 2 is 1.77 bits per heavy atom. The maximum absolute atomic E-state index is 13.1. The zero-order chi connectivity index (χ0) is 21.1. The molecule has 0 bridgehead atoms. The van der Waals surface area contributed by atoms with Gasteiger partial charge in [-0.05, 0) is 46.3 Å². The molecule has 2 amide bonds. The van der Waals surface area contributed by atoms with E-state index in [9.17, 15) is 14.0 Å². The molecule has 2 aromatic rings. The van der Waals surface area contributed by atoms with Gasteiger partial charge >= 0.3 is 0 Å². The predicted octanol–water partition coefficient (Wildman–Crippen LogP) is 2.48. The van der Waals surface area contributed by atoms with Gasteiger partial charge in [-0.15, -0.1) is 0 Å². The van der Waals surface area contributed by atoms with Gasteiger partial charge in [0.2, 0.25) is 6.10 Å². The Bertz CT molecular complexity index is 949. The highest BCUT2D eigenvalue weighted by molar-refractivity contribution is 9.10. The molecule has 1 atom stereocenters. The molecule has 7 nitrogen and oxygen atoms in total. The lowest BCUT2D eigenvalue weighted by Gasteiger charge is -2.37. The summed E-state index contributed by atoms with van der Waals surface area (Å²) < 4.78 is 30.5. The van der Waals surface area contributed by atoms with Crippen molar-refractivity contribution in [3.05, 3.63) is 52.8 Å². The number of ether oxygens (including phenoxy) is 3. The minimum atomic E-state index is -0.693. The summed E-state index contributed by atoms with van der Waals surface area (Å²) in [5.74, 6) is 0.850. The van der Waals surface area contributed by atoms with Crippen LogP contribution < -0.4 is 14.2 Å². The van der Waals surface area contributed by atoms with Gasteiger partial charge in [0.05, 0.1) is 4.47 Å². The number of para-hydroxylation sites is 2. The number of carbonyl (C=O) groups is 2. The van der Waals surface area contributed by atoms with Crippen molar-refractivity contribution in [3.63, 3.8) is 0 Å². The van der Waals surface area contributed by atoms with Gasteiger partial charge in [-0.1, -0.05) is 12.1 Å². The second-order valence-electron chi connectivity index (χ2n) is 6.93. The monoisotopic (exact) mass is 478 g/mol. The number of hydrogen-bond donors (Lipinski definition) is 0. The average Bonchev–Trinajstić information content (AvgIpc) is 2.77. The largest absolute Gasteiger partial charge is 0.485 e. The molecule has 9 heteroatoms. The Morgan fingerprint density at radius 3 is 2.50 bits per heavy atom. The lowest BCUT2D eigenvalue weighted by atomic mass is 10.2. The van der Waals surface area contributed by atoms with E-state index in [4.69, 9.17) is 14.2 Å². The molecule has 0 aliphatic carbocycles. The Hall–Kier alpha value is -2.81. The Labute approximate surface area is 181 Å². The number of amides is 2. The predicted molar refractivity (Wildman–Crippen MR) is 109 cm³/mol. The molecule has 158 valence electrons. The van der Waals surface area contributed by atoms with Gasteiger partial charge < -0.3 is 24.0 Å². The number of benzene rings is 2. The second-order valence-corrected chi connectivity index (χ2v) is 7.79. The quantitative estimate of drug-likeness (QED) is 0.675. The molecule has 1 saturated heterocycles. The lowest BCUT2D eigenvalue weighted by molar-refractivity contribution is -0.146. The van der Waals surface area contributed by atoms with Gasteiger partial charge in [-0.25, -0.2) is 4.39 Å². The van der Waals surface area contributed by atoms with Crippen LogP contribution in [0.4, 0.5) is 4.39 Å². The molecule has 2 heterocycles. The van der Waals surface area contributed by atoms with Gasteiger partial charge in [-0.2, -0.15) is 0 Å². The van der Waals surface area contributed by atoms with Gasteiger partial charge in [-0.3, -0.25) is 9.59 Å². The number of halogens is 2. The highest BCUT2D eigenvalue weighted by atomic mass is 79.9. The van der Waals surface area contributed by atoms with E-state index in [-0.39, 0.29) is 25.0 Å². The van der Waals surface area contributed by atoms with Crippen LogP contribution in [-0.2, 0) is 9.59 Å². The topological polar surface area (TPSA) is 68.3 Å². The third-order valence-corrected chi connectivity index (χ3v) is 5.59. The SMILES string of the molecule is O=C(COc1ccc(F)cc1Br)N1CCN(C(=O)C2COc3ccccc3O2)CC1. The number of rotatable bonds is 4. The number of hydrogen-bond acceptors (Lipinski definition) is 5. The third-order valence-electron chi connectivity index (χ3n) is 4.97. The van der Waals surface area contributed by atoms with Gasteiger partial charge in [0.1, 0.15) is 18.2 Å². The van der Waals surface area contributed by atoms with E-state index in [0.29, 0.717) is 47.9 Å². The molecule has 2 aliphatic rings. The van der Waals surface area contributed by atoms with Gasteiger partial charge in [0.15, 0.2) is 18.1 Å². The maximum Gasteiger partial charge on any atom is 0.267 e. The van der Waals surface area contributed by atoms with Crippen LogP contribution in [0.5, 0.6) is 17.2 Å². The van der Waals surface area contributed by atoms with E-state index in [0.717, 1.165) is 0 Å². The molecule has 0 aromatic heterocycles. The second kappa shape index (κ2) is 8.91. The van der Waals surface area contributed by atoms with Crippen LogP contribution in [0.1, 0.15) is 0 Å². The first-order valence-corrected chi connectivity index (χ1v) is 10.3. The average molecular weight is 479 g/mol. The van der Waals surface area contributed by atoms with Crippen LogP contribution >= 0.6 is 15.9 Å². The molecule has 0 N–H and O–H groups in total. The van der Waals surface area contributed by atoms with E-state index in [1.54, 1.807) is 21.9 Å². The van der Waals surface area contributed by atoms with Gasteiger partial charge in [0, 0.05) is 26.2 Å². The number of nitrogens with zero attached hydrogens (tertiary/aromatic N) is 2. The number of piperazine rings is 1. The third kappa shape index (κ3) is 4.51. The molecule has 2 aliphatic heterocycles. The summed E-state index contributed by atoms with van der Waals surface area (Å²) in [7, 11) is 0. The first kappa shape index (κ1) is 20.5. The summed E-state index contributed by atoms with van der Waals surface area (Å²) >= 11 is 3.21. The molecule has 0 saturated carbocycles. The first-order valence-electron chi connectivity index (χ1n) is 9.54. The highest BCUT2D eigenvalue weighted by Gasteiger charge is 2.33. The summed E-state index contributed by atoms with van der Waals surface area (Å²) in [6.07, 6.45) is -0.693. The van der Waals surface area contributed by atoms with Crippen LogP contribution in [0.2, 0.25) is 0 Å². The van der Waals surface area contributed by atoms with Crippen molar-refractivity contribution in [1.82, 2.24) is 9.80 Å². The Morgan fingerprint density at radius 1 is 1.07 bits per heavy atom. The van der Waals surface area contributed by atoms with Crippen molar-refractivity contribution in [2.75, 3.05) is 39.4 Å². The van der Waals surface area contributed by atoms with Crippen molar-refractivity contribution in [1.29, 1.82) is 0 Å². The van der Waals surface area contributed by atoms with Crippen molar-refractivity contribution in [2.24, 2.45) is 0 Å². The van der Waals surface area contributed by atoms with Crippen LogP contribution in [-0.4, -0.2) is 67.1 Å². The smallest absolute Gasteiger partial charge is 0.267 e. The first-order chi connectivity index (χ1) is 14.5. The van der Waals surface area contributed by atoms with Crippen LogP contribution in [0, 0.1) is 5.82 Å². The van der Waals surface area contributed by atoms with Crippen LogP contribution in [0.25, 0.3) is 0 Å². The highest BCUT2D eigenvalue weighted by Crippen LogP contribution is 2.31. The van der Waals surface area contributed by atoms with E-state index in [1.807, 2.05) is 12.1 Å². The van der Waals surface area contributed by atoms with E-state index >= 15 is 0 Å². The fourth-order valence-electron chi connectivity index (χ4n) is 3.34. The molecular weight excluding hydrogens is 459 g/mol. The number of fused-ring (bicyclic) bond motifs is 1. The molecule has 1 unspecified atom stereocenters.